The van der Waals surface area contributed by atoms with Crippen LogP contribution in [-0.4, -0.2) is 10.2 Å². The maximum atomic E-state index is 4.04. The molecule has 0 aromatic carbocycles. The number of rotatable bonds is 1. The lowest BCUT2D eigenvalue weighted by molar-refractivity contribution is 0.860. The minimum atomic E-state index is 0.529. The summed E-state index contributed by atoms with van der Waals surface area (Å²) in [5.74, 6) is 0.529. The van der Waals surface area contributed by atoms with E-state index in [-0.39, 0.29) is 0 Å². The van der Waals surface area contributed by atoms with E-state index < -0.39 is 0 Å². The second kappa shape index (κ2) is 2.83. The molecule has 2 nitrogen and oxygen atoms in total. The molecule has 0 N–H and O–H groups in total. The van der Waals surface area contributed by atoms with Crippen LogP contribution in [0.15, 0.2) is 17.6 Å². The average molecular weight is 178 g/mol. The summed E-state index contributed by atoms with van der Waals surface area (Å²) in [6, 6.07) is 2.01. The van der Waals surface area contributed by atoms with Crippen molar-refractivity contribution in [1.82, 2.24) is 10.2 Å². The Morgan fingerprint density at radius 2 is 2.25 bits per heavy atom. The summed E-state index contributed by atoms with van der Waals surface area (Å²) in [5.41, 5.74) is 2.32. The molecule has 0 amide bonds. The Kier molecular flexibility index (Phi) is 1.81. The van der Waals surface area contributed by atoms with E-state index in [2.05, 4.69) is 29.4 Å². The minimum absolute atomic E-state index is 0.529. The minimum Gasteiger partial charge on any atom is -0.158 e. The first-order valence-corrected chi connectivity index (χ1v) is 4.86. The van der Waals surface area contributed by atoms with Crippen LogP contribution in [0.3, 0.4) is 0 Å². The van der Waals surface area contributed by atoms with Crippen LogP contribution < -0.4 is 0 Å². The van der Waals surface area contributed by atoms with Gasteiger partial charge >= 0.3 is 0 Å². The molecular weight excluding hydrogens is 168 g/mol. The van der Waals surface area contributed by atoms with E-state index in [9.17, 15) is 0 Å². The van der Waals surface area contributed by atoms with Crippen molar-refractivity contribution >= 4 is 21.6 Å². The van der Waals surface area contributed by atoms with E-state index in [0.717, 1.165) is 5.52 Å². The zero-order valence-electron chi connectivity index (χ0n) is 7.11. The fourth-order valence-electron chi connectivity index (χ4n) is 1.22. The fraction of sp³-hybridized carbons (Fsp3) is 0.333. The van der Waals surface area contributed by atoms with Crippen LogP contribution >= 0.6 is 11.3 Å². The van der Waals surface area contributed by atoms with E-state index >= 15 is 0 Å². The van der Waals surface area contributed by atoms with Crippen molar-refractivity contribution in [3.63, 3.8) is 0 Å². The van der Waals surface area contributed by atoms with Gasteiger partial charge in [0.2, 0.25) is 0 Å². The van der Waals surface area contributed by atoms with Crippen LogP contribution in [0.5, 0.6) is 0 Å². The third-order valence-electron chi connectivity index (χ3n) is 1.89. The predicted octanol–water partition coefficient (Wildman–Crippen LogP) is 2.81. The van der Waals surface area contributed by atoms with Gasteiger partial charge in [0, 0.05) is 0 Å². The van der Waals surface area contributed by atoms with Crippen molar-refractivity contribution in [3.8, 4) is 0 Å². The molecule has 0 unspecified atom stereocenters. The Balaban J connectivity index is 2.73. The smallest absolute Gasteiger partial charge is 0.104 e. The van der Waals surface area contributed by atoms with Crippen LogP contribution in [-0.2, 0) is 0 Å². The van der Waals surface area contributed by atoms with E-state index in [0.29, 0.717) is 5.92 Å². The van der Waals surface area contributed by atoms with Crippen molar-refractivity contribution in [2.24, 2.45) is 0 Å². The summed E-state index contributed by atoms with van der Waals surface area (Å²) in [4.78, 5) is 0. The zero-order chi connectivity index (χ0) is 8.55. The summed E-state index contributed by atoms with van der Waals surface area (Å²) in [5, 5.41) is 10.1. The van der Waals surface area contributed by atoms with Crippen LogP contribution in [0.4, 0.5) is 0 Å². The van der Waals surface area contributed by atoms with E-state index in [4.69, 9.17) is 0 Å². The lowest BCUT2D eigenvalue weighted by atomic mass is 10.1. The number of nitrogens with zero attached hydrogens (tertiary/aromatic N) is 2. The highest BCUT2D eigenvalue weighted by Crippen LogP contribution is 2.26. The predicted molar refractivity (Wildman–Crippen MR) is 51.5 cm³/mol. The largest absolute Gasteiger partial charge is 0.158 e. The average Bonchev–Trinajstić information content (AvgIpc) is 2.49. The molecule has 0 fully saturated rings. The van der Waals surface area contributed by atoms with Gasteiger partial charge in [0.25, 0.3) is 0 Å². The molecule has 0 aliphatic carbocycles. The summed E-state index contributed by atoms with van der Waals surface area (Å²) >= 11 is 1.74. The molecule has 0 saturated carbocycles. The van der Waals surface area contributed by atoms with E-state index in [1.165, 1.54) is 10.3 Å². The lowest BCUT2D eigenvalue weighted by Gasteiger charge is -2.03. The van der Waals surface area contributed by atoms with E-state index in [1.807, 2.05) is 12.3 Å². The zero-order valence-corrected chi connectivity index (χ0v) is 7.93. The van der Waals surface area contributed by atoms with Gasteiger partial charge in [-0.2, -0.15) is 5.10 Å². The highest BCUT2D eigenvalue weighted by molar-refractivity contribution is 7.17. The first kappa shape index (κ1) is 7.68. The second-order valence-corrected chi connectivity index (χ2v) is 4.01. The van der Waals surface area contributed by atoms with Gasteiger partial charge in [0.05, 0.1) is 10.9 Å². The number of hydrogen-bond acceptors (Lipinski definition) is 3. The molecule has 2 rings (SSSR count). The Bertz CT molecular complexity index is 392. The number of hydrogen-bond donors (Lipinski definition) is 0. The van der Waals surface area contributed by atoms with Gasteiger partial charge in [-0.3, -0.25) is 0 Å². The Morgan fingerprint density at radius 1 is 1.42 bits per heavy atom. The molecule has 0 aliphatic rings. The summed E-state index contributed by atoms with van der Waals surface area (Å²) in [7, 11) is 0. The molecule has 0 bridgehead atoms. The van der Waals surface area contributed by atoms with Crippen molar-refractivity contribution in [1.29, 1.82) is 0 Å². The molecule has 0 spiro atoms. The summed E-state index contributed by atoms with van der Waals surface area (Å²) in [6.07, 6.45) is 1.86. The molecule has 0 saturated heterocycles. The van der Waals surface area contributed by atoms with Gasteiger partial charge in [0.1, 0.15) is 5.52 Å². The Hall–Kier alpha value is -0.960. The van der Waals surface area contributed by atoms with E-state index in [1.54, 1.807) is 11.3 Å². The van der Waals surface area contributed by atoms with Crippen molar-refractivity contribution in [2.75, 3.05) is 0 Å². The summed E-state index contributed by atoms with van der Waals surface area (Å²) in [6.45, 7) is 4.35. The van der Waals surface area contributed by atoms with Gasteiger partial charge in [-0.05, 0) is 22.9 Å². The lowest BCUT2D eigenvalue weighted by Crippen LogP contribution is -1.90. The van der Waals surface area contributed by atoms with Crippen molar-refractivity contribution < 1.29 is 0 Å². The summed E-state index contributed by atoms with van der Waals surface area (Å²) < 4.78 is 1.28. The quantitative estimate of drug-likeness (QED) is 0.671. The molecule has 12 heavy (non-hydrogen) atoms. The third kappa shape index (κ3) is 1.10. The Labute approximate surface area is 75.3 Å². The molecule has 0 atom stereocenters. The number of aromatic nitrogens is 2. The normalized spacial score (nSPS) is 11.2. The second-order valence-electron chi connectivity index (χ2n) is 3.09. The van der Waals surface area contributed by atoms with Gasteiger partial charge < -0.3 is 0 Å². The first-order chi connectivity index (χ1) is 5.79. The van der Waals surface area contributed by atoms with Crippen LogP contribution in [0, 0.1) is 0 Å². The Morgan fingerprint density at radius 3 is 3.00 bits per heavy atom. The third-order valence-corrected chi connectivity index (χ3v) is 2.84. The molecule has 62 valence electrons. The number of thiophene rings is 1. The van der Waals surface area contributed by atoms with Gasteiger partial charge in [-0.1, -0.05) is 13.8 Å². The molecule has 2 aromatic heterocycles. The molecule has 0 aliphatic heterocycles. The molecule has 2 aromatic rings. The van der Waals surface area contributed by atoms with Crippen molar-refractivity contribution in [2.45, 2.75) is 19.8 Å². The van der Waals surface area contributed by atoms with Gasteiger partial charge in [0.15, 0.2) is 0 Å². The first-order valence-electron chi connectivity index (χ1n) is 3.98. The van der Waals surface area contributed by atoms with Crippen LogP contribution in [0.25, 0.3) is 10.2 Å². The fourth-order valence-corrected chi connectivity index (χ4v) is 2.21. The van der Waals surface area contributed by atoms with Crippen LogP contribution in [0.2, 0.25) is 0 Å². The van der Waals surface area contributed by atoms with Crippen LogP contribution in [0.1, 0.15) is 25.3 Å². The molecule has 3 heteroatoms. The number of fused-ring (bicyclic) bond motifs is 1. The SMILES string of the molecule is CC(C)c1cnnc2ccsc12. The highest BCUT2D eigenvalue weighted by atomic mass is 32.1. The standard InChI is InChI=1S/C9H10N2S/c1-6(2)7-5-10-11-8-3-4-12-9(7)8/h3-6H,1-2H3. The molecular formula is C9H10N2S. The monoisotopic (exact) mass is 178 g/mol. The maximum Gasteiger partial charge on any atom is 0.104 e. The molecule has 2 heterocycles. The van der Waals surface area contributed by atoms with Gasteiger partial charge in [-0.15, -0.1) is 16.4 Å². The topological polar surface area (TPSA) is 25.8 Å². The highest BCUT2D eigenvalue weighted by Gasteiger charge is 2.06. The van der Waals surface area contributed by atoms with Crippen molar-refractivity contribution in [3.05, 3.63) is 23.2 Å². The van der Waals surface area contributed by atoms with Gasteiger partial charge in [-0.25, -0.2) is 0 Å². The maximum absolute atomic E-state index is 4.04. The molecule has 0 radical (unpaired) electrons.